The molecule has 0 fully saturated rings. The minimum absolute atomic E-state index is 0.00959. The molecule has 2 aromatic rings. The second-order valence-corrected chi connectivity index (χ2v) is 4.62. The summed E-state index contributed by atoms with van der Waals surface area (Å²) in [5.41, 5.74) is 0.368. The molecule has 122 valence electrons. The number of hydrogen-bond donors (Lipinski definition) is 2. The van der Waals surface area contributed by atoms with Gasteiger partial charge in [-0.1, -0.05) is 18.2 Å². The fraction of sp³-hybridized carbons (Fsp3) is 0.188. The van der Waals surface area contributed by atoms with Crippen molar-refractivity contribution in [3.63, 3.8) is 0 Å². The van der Waals surface area contributed by atoms with Crippen molar-refractivity contribution in [2.24, 2.45) is 0 Å². The molecule has 2 rings (SSSR count). The van der Waals surface area contributed by atoms with Crippen LogP contribution in [-0.2, 0) is 6.54 Å². The van der Waals surface area contributed by atoms with Crippen molar-refractivity contribution in [1.82, 2.24) is 10.6 Å². The van der Waals surface area contributed by atoms with Crippen LogP contribution >= 0.6 is 0 Å². The third kappa shape index (κ3) is 5.21. The van der Waals surface area contributed by atoms with Crippen LogP contribution in [0.3, 0.4) is 0 Å². The van der Waals surface area contributed by atoms with Crippen LogP contribution in [0.1, 0.15) is 5.56 Å². The molecule has 4 nitrogen and oxygen atoms in total. The van der Waals surface area contributed by atoms with Crippen LogP contribution in [0.2, 0.25) is 0 Å². The maximum atomic E-state index is 13.3. The molecule has 2 N–H and O–H groups in total. The Labute approximate surface area is 131 Å². The first kappa shape index (κ1) is 16.7. The fourth-order valence-corrected chi connectivity index (χ4v) is 1.80. The zero-order chi connectivity index (χ0) is 16.7. The van der Waals surface area contributed by atoms with Crippen LogP contribution in [0.4, 0.5) is 18.0 Å². The van der Waals surface area contributed by atoms with Gasteiger partial charge in [0.2, 0.25) is 0 Å². The van der Waals surface area contributed by atoms with Gasteiger partial charge in [0.1, 0.15) is 18.2 Å². The first-order chi connectivity index (χ1) is 11.1. The molecule has 7 heteroatoms. The number of amides is 2. The van der Waals surface area contributed by atoms with Crippen molar-refractivity contribution in [2.45, 2.75) is 6.54 Å². The van der Waals surface area contributed by atoms with Gasteiger partial charge < -0.3 is 15.4 Å². The summed E-state index contributed by atoms with van der Waals surface area (Å²) in [6.07, 6.45) is 0. The summed E-state index contributed by atoms with van der Waals surface area (Å²) < 4.78 is 44.4. The van der Waals surface area contributed by atoms with Crippen molar-refractivity contribution in [3.8, 4) is 5.75 Å². The van der Waals surface area contributed by atoms with E-state index >= 15 is 0 Å². The predicted molar refractivity (Wildman–Crippen MR) is 78.5 cm³/mol. The maximum absolute atomic E-state index is 13.3. The molecule has 0 unspecified atom stereocenters. The van der Waals surface area contributed by atoms with E-state index in [0.29, 0.717) is 11.6 Å². The van der Waals surface area contributed by atoms with Gasteiger partial charge in [-0.25, -0.2) is 18.0 Å². The lowest BCUT2D eigenvalue weighted by molar-refractivity contribution is 0.235. The molecular formula is C16H15F3N2O2. The van der Waals surface area contributed by atoms with E-state index in [-0.39, 0.29) is 25.4 Å². The summed E-state index contributed by atoms with van der Waals surface area (Å²) in [6.45, 7) is 0.168. The van der Waals surface area contributed by atoms with Crippen molar-refractivity contribution in [1.29, 1.82) is 0 Å². The molecule has 0 aliphatic rings. The highest BCUT2D eigenvalue weighted by Gasteiger charge is 2.06. The number of carbonyl (C=O) groups is 1. The minimum atomic E-state index is -0.811. The average molecular weight is 324 g/mol. The summed E-state index contributed by atoms with van der Waals surface area (Å²) in [5, 5.41) is 4.97. The highest BCUT2D eigenvalue weighted by Crippen LogP contribution is 2.17. The number of carbonyl (C=O) groups excluding carboxylic acids is 1. The van der Waals surface area contributed by atoms with E-state index in [9.17, 15) is 18.0 Å². The van der Waals surface area contributed by atoms with Gasteiger partial charge in [0.15, 0.2) is 11.6 Å². The quantitative estimate of drug-likeness (QED) is 0.803. The van der Waals surface area contributed by atoms with Crippen molar-refractivity contribution in [2.75, 3.05) is 13.2 Å². The molecule has 0 atom stereocenters. The summed E-state index contributed by atoms with van der Waals surface area (Å²) in [5.74, 6) is -2.00. The van der Waals surface area contributed by atoms with E-state index in [0.717, 1.165) is 6.07 Å². The second kappa shape index (κ2) is 8.07. The Morgan fingerprint density at radius 1 is 1.00 bits per heavy atom. The van der Waals surface area contributed by atoms with Crippen LogP contribution in [-0.4, -0.2) is 19.2 Å². The molecule has 0 bridgehead atoms. The van der Waals surface area contributed by atoms with Crippen LogP contribution in [0.5, 0.6) is 5.75 Å². The number of ether oxygens (including phenoxy) is 1. The Morgan fingerprint density at radius 3 is 2.52 bits per heavy atom. The summed E-state index contributed by atoms with van der Waals surface area (Å²) in [6, 6.07) is 8.56. The van der Waals surface area contributed by atoms with Gasteiger partial charge in [-0.15, -0.1) is 0 Å². The molecule has 0 aliphatic carbocycles. The standard InChI is InChI=1S/C16H15F3N2O2/c17-12-5-6-15(14(19)9-12)23-8-7-20-16(22)21-10-11-3-1-2-4-13(11)18/h1-6,9H,7-8,10H2,(H2,20,21,22). The molecule has 0 radical (unpaired) electrons. The van der Waals surface area contributed by atoms with E-state index in [1.807, 2.05) is 0 Å². The lowest BCUT2D eigenvalue weighted by Crippen LogP contribution is -2.37. The summed E-state index contributed by atoms with van der Waals surface area (Å²) in [7, 11) is 0. The van der Waals surface area contributed by atoms with E-state index in [4.69, 9.17) is 4.74 Å². The topological polar surface area (TPSA) is 50.4 Å². The van der Waals surface area contributed by atoms with Crippen LogP contribution in [0, 0.1) is 17.5 Å². The van der Waals surface area contributed by atoms with E-state index in [2.05, 4.69) is 10.6 Å². The van der Waals surface area contributed by atoms with Gasteiger partial charge in [-0.05, 0) is 18.2 Å². The smallest absolute Gasteiger partial charge is 0.315 e. The molecule has 0 saturated carbocycles. The molecule has 0 aromatic heterocycles. The second-order valence-electron chi connectivity index (χ2n) is 4.62. The molecule has 0 heterocycles. The number of nitrogens with one attached hydrogen (secondary N) is 2. The molecule has 23 heavy (non-hydrogen) atoms. The minimum Gasteiger partial charge on any atom is -0.489 e. The normalized spacial score (nSPS) is 10.2. The Hall–Kier alpha value is -2.70. The van der Waals surface area contributed by atoms with Gasteiger partial charge in [0.25, 0.3) is 0 Å². The largest absolute Gasteiger partial charge is 0.489 e. The molecule has 0 saturated heterocycles. The zero-order valence-electron chi connectivity index (χ0n) is 12.1. The van der Waals surface area contributed by atoms with Crippen molar-refractivity contribution < 1.29 is 22.7 Å². The Bertz CT molecular complexity index is 680. The molecule has 0 aliphatic heterocycles. The fourth-order valence-electron chi connectivity index (χ4n) is 1.80. The lowest BCUT2D eigenvalue weighted by atomic mass is 10.2. The highest BCUT2D eigenvalue weighted by atomic mass is 19.1. The SMILES string of the molecule is O=C(NCCOc1ccc(F)cc1F)NCc1ccccc1F. The first-order valence-electron chi connectivity index (χ1n) is 6.89. The van der Waals surface area contributed by atoms with E-state index < -0.39 is 23.5 Å². The van der Waals surface area contributed by atoms with E-state index in [1.165, 1.54) is 12.1 Å². The molecular weight excluding hydrogens is 309 g/mol. The highest BCUT2D eigenvalue weighted by molar-refractivity contribution is 5.73. The molecule has 2 aromatic carbocycles. The van der Waals surface area contributed by atoms with Crippen LogP contribution < -0.4 is 15.4 Å². The number of rotatable bonds is 6. The van der Waals surface area contributed by atoms with Crippen molar-refractivity contribution in [3.05, 3.63) is 65.5 Å². The zero-order valence-corrected chi connectivity index (χ0v) is 12.1. The maximum Gasteiger partial charge on any atom is 0.315 e. The number of urea groups is 1. The number of halogens is 3. The number of hydrogen-bond acceptors (Lipinski definition) is 2. The molecule has 0 spiro atoms. The van der Waals surface area contributed by atoms with Crippen LogP contribution in [0.15, 0.2) is 42.5 Å². The predicted octanol–water partition coefficient (Wildman–Crippen LogP) is 2.98. The average Bonchev–Trinajstić information content (AvgIpc) is 2.52. The third-order valence-corrected chi connectivity index (χ3v) is 2.94. The van der Waals surface area contributed by atoms with Crippen molar-refractivity contribution >= 4 is 6.03 Å². The van der Waals surface area contributed by atoms with Gasteiger partial charge in [0.05, 0.1) is 6.54 Å². The van der Waals surface area contributed by atoms with E-state index in [1.54, 1.807) is 18.2 Å². The van der Waals surface area contributed by atoms with Gasteiger partial charge in [-0.3, -0.25) is 0 Å². The third-order valence-electron chi connectivity index (χ3n) is 2.94. The molecule has 2 amide bonds. The monoisotopic (exact) mass is 324 g/mol. The Morgan fingerprint density at radius 2 is 1.78 bits per heavy atom. The van der Waals surface area contributed by atoms with Crippen LogP contribution in [0.25, 0.3) is 0 Å². The van der Waals surface area contributed by atoms with Gasteiger partial charge >= 0.3 is 6.03 Å². The summed E-state index contributed by atoms with van der Waals surface area (Å²) in [4.78, 5) is 11.5. The Kier molecular flexibility index (Phi) is 5.85. The first-order valence-corrected chi connectivity index (χ1v) is 6.89. The van der Waals surface area contributed by atoms with Gasteiger partial charge in [0, 0.05) is 18.2 Å². The summed E-state index contributed by atoms with van der Waals surface area (Å²) >= 11 is 0. The lowest BCUT2D eigenvalue weighted by Gasteiger charge is -2.10. The van der Waals surface area contributed by atoms with Gasteiger partial charge in [-0.2, -0.15) is 0 Å². The Balaban J connectivity index is 1.68. The number of benzene rings is 2.